The number of carbonyl (C=O) groups is 1. The van der Waals surface area contributed by atoms with E-state index in [2.05, 4.69) is 10.2 Å². The first kappa shape index (κ1) is 12.9. The molecule has 1 atom stereocenters. The number of rotatable bonds is 1. The van der Waals surface area contributed by atoms with Crippen LogP contribution < -0.4 is 0 Å². The molecule has 1 aliphatic rings. The van der Waals surface area contributed by atoms with Gasteiger partial charge in [0.25, 0.3) is 0 Å². The lowest BCUT2D eigenvalue weighted by atomic mass is 9.98. The van der Waals surface area contributed by atoms with Gasteiger partial charge in [0.05, 0.1) is 12.2 Å². The summed E-state index contributed by atoms with van der Waals surface area (Å²) < 4.78 is 5.46. The van der Waals surface area contributed by atoms with Gasteiger partial charge in [-0.2, -0.15) is 5.10 Å². The Balaban J connectivity index is 2.11. The van der Waals surface area contributed by atoms with E-state index in [1.54, 1.807) is 6.20 Å². The SMILES string of the molecule is CC(C)(C)OC(=O)N1CCCC[C@H]1c1cn[nH]c1. The molecule has 5 nitrogen and oxygen atoms in total. The van der Waals surface area contributed by atoms with Crippen LogP contribution >= 0.6 is 0 Å². The van der Waals surface area contributed by atoms with E-state index in [1.165, 1.54) is 0 Å². The summed E-state index contributed by atoms with van der Waals surface area (Å²) in [7, 11) is 0. The Labute approximate surface area is 108 Å². The predicted molar refractivity (Wildman–Crippen MR) is 68.1 cm³/mol. The van der Waals surface area contributed by atoms with Crippen LogP contribution in [0.25, 0.3) is 0 Å². The van der Waals surface area contributed by atoms with Gasteiger partial charge in [-0.05, 0) is 40.0 Å². The van der Waals surface area contributed by atoms with E-state index < -0.39 is 5.60 Å². The number of H-pyrrole nitrogens is 1. The number of carbonyl (C=O) groups excluding carboxylic acids is 1. The molecule has 100 valence electrons. The van der Waals surface area contributed by atoms with Crippen LogP contribution in [-0.2, 0) is 4.74 Å². The molecule has 1 aliphatic heterocycles. The molecule has 1 N–H and O–H groups in total. The predicted octanol–water partition coefficient (Wildman–Crippen LogP) is 2.87. The molecule has 2 rings (SSSR count). The number of piperidine rings is 1. The minimum atomic E-state index is -0.449. The Bertz CT molecular complexity index is 395. The van der Waals surface area contributed by atoms with Crippen LogP contribution in [0.4, 0.5) is 4.79 Å². The van der Waals surface area contributed by atoms with Crippen LogP contribution in [0.2, 0.25) is 0 Å². The Hall–Kier alpha value is -1.52. The lowest BCUT2D eigenvalue weighted by Gasteiger charge is -2.36. The first-order chi connectivity index (χ1) is 8.47. The van der Waals surface area contributed by atoms with E-state index in [-0.39, 0.29) is 12.1 Å². The van der Waals surface area contributed by atoms with E-state index in [0.717, 1.165) is 31.4 Å². The van der Waals surface area contributed by atoms with Gasteiger partial charge in [-0.3, -0.25) is 5.10 Å². The number of likely N-dealkylation sites (tertiary alicyclic amines) is 1. The number of hydrogen-bond donors (Lipinski definition) is 1. The zero-order chi connectivity index (χ0) is 13.2. The maximum absolute atomic E-state index is 12.2. The van der Waals surface area contributed by atoms with Crippen molar-refractivity contribution in [2.75, 3.05) is 6.54 Å². The Morgan fingerprint density at radius 1 is 1.50 bits per heavy atom. The third-order valence-electron chi connectivity index (χ3n) is 3.03. The molecule has 0 bridgehead atoms. The van der Waals surface area contributed by atoms with E-state index >= 15 is 0 Å². The molecule has 0 aromatic carbocycles. The van der Waals surface area contributed by atoms with Crippen molar-refractivity contribution >= 4 is 6.09 Å². The van der Waals surface area contributed by atoms with Gasteiger partial charge in [-0.25, -0.2) is 4.79 Å². The van der Waals surface area contributed by atoms with Gasteiger partial charge in [0.2, 0.25) is 0 Å². The molecule has 0 aliphatic carbocycles. The summed E-state index contributed by atoms with van der Waals surface area (Å²) in [5, 5.41) is 6.77. The number of ether oxygens (including phenoxy) is 1. The van der Waals surface area contributed by atoms with Gasteiger partial charge >= 0.3 is 6.09 Å². The minimum Gasteiger partial charge on any atom is -0.444 e. The van der Waals surface area contributed by atoms with Gasteiger partial charge in [-0.1, -0.05) is 0 Å². The monoisotopic (exact) mass is 251 g/mol. The molecule has 1 saturated heterocycles. The number of nitrogens with zero attached hydrogens (tertiary/aromatic N) is 2. The number of hydrogen-bond acceptors (Lipinski definition) is 3. The van der Waals surface area contributed by atoms with Crippen molar-refractivity contribution in [1.82, 2.24) is 15.1 Å². The Morgan fingerprint density at radius 3 is 2.89 bits per heavy atom. The number of aromatic amines is 1. The summed E-state index contributed by atoms with van der Waals surface area (Å²) in [5.74, 6) is 0. The van der Waals surface area contributed by atoms with E-state index in [1.807, 2.05) is 31.9 Å². The second-order valence-corrected chi connectivity index (χ2v) is 5.72. The smallest absolute Gasteiger partial charge is 0.410 e. The molecule has 1 aromatic heterocycles. The van der Waals surface area contributed by atoms with Crippen LogP contribution in [0.15, 0.2) is 12.4 Å². The molecular weight excluding hydrogens is 230 g/mol. The van der Waals surface area contributed by atoms with E-state index in [4.69, 9.17) is 4.74 Å². The second-order valence-electron chi connectivity index (χ2n) is 5.72. The molecule has 0 unspecified atom stereocenters. The largest absolute Gasteiger partial charge is 0.444 e. The average Bonchev–Trinajstić information content (AvgIpc) is 2.80. The highest BCUT2D eigenvalue weighted by molar-refractivity contribution is 5.69. The van der Waals surface area contributed by atoms with Gasteiger partial charge in [0, 0.05) is 18.3 Å². The molecule has 0 saturated carbocycles. The topological polar surface area (TPSA) is 58.2 Å². The minimum absolute atomic E-state index is 0.0901. The third kappa shape index (κ3) is 3.03. The van der Waals surface area contributed by atoms with Crippen molar-refractivity contribution in [3.63, 3.8) is 0 Å². The zero-order valence-corrected chi connectivity index (χ0v) is 11.3. The first-order valence-electron chi connectivity index (χ1n) is 6.46. The van der Waals surface area contributed by atoms with Crippen LogP contribution in [-0.4, -0.2) is 33.3 Å². The molecule has 18 heavy (non-hydrogen) atoms. The van der Waals surface area contributed by atoms with Crippen LogP contribution in [0.3, 0.4) is 0 Å². The fourth-order valence-corrected chi connectivity index (χ4v) is 2.26. The van der Waals surface area contributed by atoms with E-state index in [0.29, 0.717) is 0 Å². The highest BCUT2D eigenvalue weighted by Crippen LogP contribution is 2.31. The summed E-state index contributed by atoms with van der Waals surface area (Å²) in [6, 6.07) is 0.0901. The highest BCUT2D eigenvalue weighted by Gasteiger charge is 2.31. The number of amides is 1. The molecule has 1 amide bonds. The van der Waals surface area contributed by atoms with Gasteiger partial charge in [0.15, 0.2) is 0 Å². The summed E-state index contributed by atoms with van der Waals surface area (Å²) in [5.41, 5.74) is 0.607. The van der Waals surface area contributed by atoms with Crippen molar-refractivity contribution in [3.8, 4) is 0 Å². The molecule has 1 aromatic rings. The molecule has 0 spiro atoms. The lowest BCUT2D eigenvalue weighted by molar-refractivity contribution is 0.00952. The third-order valence-corrected chi connectivity index (χ3v) is 3.03. The van der Waals surface area contributed by atoms with Crippen molar-refractivity contribution in [1.29, 1.82) is 0 Å². The second kappa shape index (κ2) is 5.00. The van der Waals surface area contributed by atoms with Crippen LogP contribution in [0, 0.1) is 0 Å². The summed E-state index contributed by atoms with van der Waals surface area (Å²) >= 11 is 0. The summed E-state index contributed by atoms with van der Waals surface area (Å²) in [6.07, 6.45) is 6.55. The Morgan fingerprint density at radius 2 is 2.28 bits per heavy atom. The first-order valence-corrected chi connectivity index (χ1v) is 6.46. The lowest BCUT2D eigenvalue weighted by Crippen LogP contribution is -2.41. The maximum Gasteiger partial charge on any atom is 0.410 e. The normalized spacial score (nSPS) is 20.8. The summed E-state index contributed by atoms with van der Waals surface area (Å²) in [6.45, 7) is 6.43. The van der Waals surface area contributed by atoms with Crippen molar-refractivity contribution in [3.05, 3.63) is 18.0 Å². The molecule has 5 heteroatoms. The average molecular weight is 251 g/mol. The fraction of sp³-hybridized carbons (Fsp3) is 0.692. The van der Waals surface area contributed by atoms with Crippen molar-refractivity contribution < 1.29 is 9.53 Å². The molecule has 2 heterocycles. The van der Waals surface area contributed by atoms with Crippen LogP contribution in [0.1, 0.15) is 51.6 Å². The maximum atomic E-state index is 12.2. The standard InChI is InChI=1S/C13H21N3O2/c1-13(2,3)18-12(17)16-7-5-4-6-11(16)10-8-14-15-9-10/h8-9,11H,4-7H2,1-3H3,(H,14,15)/t11-/m0/s1. The zero-order valence-electron chi connectivity index (χ0n) is 11.3. The molecule has 1 fully saturated rings. The fourth-order valence-electron chi connectivity index (χ4n) is 2.26. The summed E-state index contributed by atoms with van der Waals surface area (Å²) in [4.78, 5) is 14.0. The van der Waals surface area contributed by atoms with Gasteiger partial charge < -0.3 is 9.64 Å². The molecule has 0 radical (unpaired) electrons. The van der Waals surface area contributed by atoms with Crippen molar-refractivity contribution in [2.24, 2.45) is 0 Å². The number of nitrogens with one attached hydrogen (secondary N) is 1. The van der Waals surface area contributed by atoms with Gasteiger partial charge in [-0.15, -0.1) is 0 Å². The van der Waals surface area contributed by atoms with Gasteiger partial charge in [0.1, 0.15) is 5.60 Å². The Kier molecular flexibility index (Phi) is 3.59. The van der Waals surface area contributed by atoms with Crippen molar-refractivity contribution in [2.45, 2.75) is 51.7 Å². The number of aromatic nitrogens is 2. The van der Waals surface area contributed by atoms with Crippen LogP contribution in [0.5, 0.6) is 0 Å². The highest BCUT2D eigenvalue weighted by atomic mass is 16.6. The quantitative estimate of drug-likeness (QED) is 0.835. The van der Waals surface area contributed by atoms with E-state index in [9.17, 15) is 4.79 Å². The molecular formula is C13H21N3O2.